The molecule has 0 aliphatic carbocycles. The minimum atomic E-state index is 0.427. The Morgan fingerprint density at radius 3 is 2.61 bits per heavy atom. The summed E-state index contributed by atoms with van der Waals surface area (Å²) < 4.78 is 5.68. The fourth-order valence-electron chi connectivity index (χ4n) is 2.45. The van der Waals surface area contributed by atoms with Gasteiger partial charge in [-0.2, -0.15) is 0 Å². The van der Waals surface area contributed by atoms with Crippen LogP contribution in [0.15, 0.2) is 48.7 Å². The molecule has 3 rings (SSSR count). The monoisotopic (exact) mass is 309 g/mol. The number of hydrogen-bond donors (Lipinski definition) is 2. The Bertz CT molecular complexity index is 671. The van der Waals surface area contributed by atoms with Gasteiger partial charge in [0.05, 0.1) is 24.8 Å². The molecule has 1 aliphatic heterocycles. The van der Waals surface area contributed by atoms with Gasteiger partial charge in [-0.15, -0.1) is 0 Å². The van der Waals surface area contributed by atoms with E-state index in [1.807, 2.05) is 42.5 Å². The molecule has 23 heavy (non-hydrogen) atoms. The highest BCUT2D eigenvalue weighted by molar-refractivity contribution is 5.93. The summed E-state index contributed by atoms with van der Waals surface area (Å²) in [6, 6.07) is 13.8. The fourth-order valence-corrected chi connectivity index (χ4v) is 2.45. The first-order chi connectivity index (χ1) is 11.3. The van der Waals surface area contributed by atoms with Crippen LogP contribution in [-0.4, -0.2) is 41.7 Å². The highest BCUT2D eigenvalue weighted by atomic mass is 16.5. The van der Waals surface area contributed by atoms with Gasteiger partial charge in [-0.1, -0.05) is 30.3 Å². The molecule has 0 unspecified atom stereocenters. The van der Waals surface area contributed by atoms with Crippen LogP contribution in [0.1, 0.15) is 5.56 Å². The summed E-state index contributed by atoms with van der Waals surface area (Å²) in [5, 5.41) is 15.2. The van der Waals surface area contributed by atoms with Crippen LogP contribution in [-0.2, 0) is 6.61 Å². The predicted molar refractivity (Wildman–Crippen MR) is 90.4 cm³/mol. The minimum absolute atomic E-state index is 0.427. The Kier molecular flexibility index (Phi) is 4.52. The smallest absolute Gasteiger partial charge is 0.213 e. The van der Waals surface area contributed by atoms with Crippen molar-refractivity contribution in [3.05, 3.63) is 54.2 Å². The van der Waals surface area contributed by atoms with Crippen LogP contribution in [0.25, 0.3) is 0 Å². The number of nitrogens with zero attached hydrogens (tertiary/aromatic N) is 3. The summed E-state index contributed by atoms with van der Waals surface area (Å²) in [6.45, 7) is 2.40. The van der Waals surface area contributed by atoms with Crippen molar-refractivity contribution >= 4 is 17.9 Å². The second-order valence-electron chi connectivity index (χ2n) is 5.32. The number of aromatic nitrogens is 1. The maximum Gasteiger partial charge on any atom is 0.213 e. The second kappa shape index (κ2) is 6.91. The second-order valence-corrected chi connectivity index (χ2v) is 5.32. The molecule has 6 heteroatoms. The number of benzene rings is 1. The van der Waals surface area contributed by atoms with Crippen LogP contribution in [0.3, 0.4) is 0 Å². The fraction of sp³-hybridized carbons (Fsp3) is 0.235. The summed E-state index contributed by atoms with van der Waals surface area (Å²) in [7, 11) is 0. The van der Waals surface area contributed by atoms with Crippen LogP contribution in [0.2, 0.25) is 0 Å². The van der Waals surface area contributed by atoms with E-state index in [2.05, 4.69) is 9.88 Å². The summed E-state index contributed by atoms with van der Waals surface area (Å²) >= 11 is 0. The molecule has 0 radical (unpaired) electrons. The van der Waals surface area contributed by atoms with E-state index in [9.17, 15) is 0 Å². The molecule has 6 nitrogen and oxygen atoms in total. The van der Waals surface area contributed by atoms with Gasteiger partial charge in [-0.05, 0) is 11.6 Å². The molecule has 0 spiro atoms. The molecule has 2 N–H and O–H groups in total. The van der Waals surface area contributed by atoms with Crippen molar-refractivity contribution in [1.29, 1.82) is 10.8 Å². The number of rotatable bonds is 5. The lowest BCUT2D eigenvalue weighted by Crippen LogP contribution is -2.49. The van der Waals surface area contributed by atoms with Gasteiger partial charge in [0, 0.05) is 19.2 Å². The van der Waals surface area contributed by atoms with E-state index >= 15 is 0 Å². The summed E-state index contributed by atoms with van der Waals surface area (Å²) in [5.74, 6) is 1.02. The molecule has 2 aromatic rings. The zero-order valence-electron chi connectivity index (χ0n) is 12.8. The predicted octanol–water partition coefficient (Wildman–Crippen LogP) is 2.37. The highest BCUT2D eigenvalue weighted by Crippen LogP contribution is 2.19. The number of piperazine rings is 1. The normalized spacial score (nSPS) is 14.7. The zero-order valence-corrected chi connectivity index (χ0v) is 12.8. The number of nitrogens with one attached hydrogen (secondary N) is 2. The lowest BCUT2D eigenvalue weighted by atomic mass is 10.2. The van der Waals surface area contributed by atoms with Crippen molar-refractivity contribution in [2.75, 3.05) is 24.5 Å². The van der Waals surface area contributed by atoms with Gasteiger partial charge in [-0.3, -0.25) is 10.8 Å². The molecular weight excluding hydrogens is 290 g/mol. The molecule has 118 valence electrons. The molecule has 1 aliphatic rings. The molecular formula is C17H19N5O. The van der Waals surface area contributed by atoms with E-state index in [1.54, 1.807) is 11.1 Å². The van der Waals surface area contributed by atoms with E-state index < -0.39 is 0 Å². The van der Waals surface area contributed by atoms with Crippen LogP contribution in [0, 0.1) is 10.8 Å². The van der Waals surface area contributed by atoms with Gasteiger partial charge in [-0.25, -0.2) is 4.98 Å². The zero-order chi connectivity index (χ0) is 16.1. The molecule has 1 aromatic carbocycles. The van der Waals surface area contributed by atoms with Crippen LogP contribution >= 0.6 is 0 Å². The molecule has 1 saturated heterocycles. The van der Waals surface area contributed by atoms with Crippen LogP contribution in [0.4, 0.5) is 5.69 Å². The van der Waals surface area contributed by atoms with E-state index in [1.165, 1.54) is 6.34 Å². The summed E-state index contributed by atoms with van der Waals surface area (Å²) in [4.78, 5) is 8.06. The Morgan fingerprint density at radius 1 is 1.13 bits per heavy atom. The molecule has 1 fully saturated rings. The van der Waals surface area contributed by atoms with E-state index in [4.69, 9.17) is 15.6 Å². The average molecular weight is 309 g/mol. The van der Waals surface area contributed by atoms with Crippen molar-refractivity contribution in [2.24, 2.45) is 0 Å². The Labute approximate surface area is 135 Å². The number of pyridine rings is 1. The lowest BCUT2D eigenvalue weighted by molar-refractivity contribution is 0.294. The first-order valence-electron chi connectivity index (χ1n) is 7.48. The lowest BCUT2D eigenvalue weighted by Gasteiger charge is -2.34. The third kappa shape index (κ3) is 3.66. The van der Waals surface area contributed by atoms with Gasteiger partial charge in [0.1, 0.15) is 12.4 Å². The standard InChI is InChI=1S/C17H19N5O/c18-13-22-9-8-21(11-16(22)19)15-6-7-17(20-10-15)23-12-14-4-2-1-3-5-14/h1-7,10,13,18-19H,8-9,11-12H2. The third-order valence-corrected chi connectivity index (χ3v) is 3.77. The quantitative estimate of drug-likeness (QED) is 0.656. The maximum absolute atomic E-state index is 7.92. The van der Waals surface area contributed by atoms with Gasteiger partial charge in [0.25, 0.3) is 0 Å². The van der Waals surface area contributed by atoms with E-state index in [-0.39, 0.29) is 0 Å². The molecule has 0 atom stereocenters. The molecule has 0 saturated carbocycles. The highest BCUT2D eigenvalue weighted by Gasteiger charge is 2.20. The minimum Gasteiger partial charge on any atom is -0.473 e. The van der Waals surface area contributed by atoms with Gasteiger partial charge in [0.2, 0.25) is 5.88 Å². The summed E-state index contributed by atoms with van der Waals surface area (Å²) in [5.41, 5.74) is 2.07. The molecule has 2 heterocycles. The SMILES string of the molecule is N=CN1CCN(c2ccc(OCc3ccccc3)nc2)CC1=N. The largest absolute Gasteiger partial charge is 0.473 e. The van der Waals surface area contributed by atoms with Crippen molar-refractivity contribution in [2.45, 2.75) is 6.61 Å². The van der Waals surface area contributed by atoms with Gasteiger partial charge in [0.15, 0.2) is 0 Å². The van der Waals surface area contributed by atoms with Crippen LogP contribution in [0.5, 0.6) is 5.88 Å². The molecule has 1 aromatic heterocycles. The number of hydrogen-bond acceptors (Lipinski definition) is 5. The first-order valence-corrected chi connectivity index (χ1v) is 7.48. The van der Waals surface area contributed by atoms with Crippen molar-refractivity contribution in [1.82, 2.24) is 9.88 Å². The maximum atomic E-state index is 7.92. The number of anilines is 1. The molecule has 0 bridgehead atoms. The topological polar surface area (TPSA) is 76.3 Å². The Balaban J connectivity index is 1.59. The van der Waals surface area contributed by atoms with Gasteiger partial charge < -0.3 is 14.5 Å². The van der Waals surface area contributed by atoms with Crippen molar-refractivity contribution < 1.29 is 4.74 Å². The van der Waals surface area contributed by atoms with Gasteiger partial charge >= 0.3 is 0 Å². The van der Waals surface area contributed by atoms with E-state index in [0.717, 1.165) is 17.8 Å². The number of ether oxygens (including phenoxy) is 1. The Hall–Kier alpha value is -2.89. The molecule has 0 amide bonds. The third-order valence-electron chi connectivity index (χ3n) is 3.77. The van der Waals surface area contributed by atoms with Crippen molar-refractivity contribution in [3.8, 4) is 5.88 Å². The van der Waals surface area contributed by atoms with Crippen LogP contribution < -0.4 is 9.64 Å². The Morgan fingerprint density at radius 2 is 1.96 bits per heavy atom. The average Bonchev–Trinajstić information content (AvgIpc) is 2.61. The van der Waals surface area contributed by atoms with Crippen molar-refractivity contribution in [3.63, 3.8) is 0 Å². The summed E-state index contributed by atoms with van der Waals surface area (Å²) in [6.07, 6.45) is 2.98. The number of amidine groups is 1. The van der Waals surface area contributed by atoms with E-state index in [0.29, 0.717) is 31.4 Å². The first kappa shape index (κ1) is 15.0.